The van der Waals surface area contributed by atoms with Crippen LogP contribution < -0.4 is 5.32 Å². The van der Waals surface area contributed by atoms with Crippen LogP contribution in [0.15, 0.2) is 0 Å². The average Bonchev–Trinajstić information content (AvgIpc) is 2.79. The Morgan fingerprint density at radius 3 is 2.79 bits per heavy atom. The lowest BCUT2D eigenvalue weighted by atomic mass is 10.2. The summed E-state index contributed by atoms with van der Waals surface area (Å²) >= 11 is 0. The van der Waals surface area contributed by atoms with Crippen molar-refractivity contribution in [2.24, 2.45) is 0 Å². The Morgan fingerprint density at radius 1 is 1.26 bits per heavy atom. The molecule has 0 radical (unpaired) electrons. The molecule has 0 bridgehead atoms. The zero-order chi connectivity index (χ0) is 13.5. The smallest absolute Gasteiger partial charge is 0.239 e. The SMILES string of the molecule is CCCNC1CCN(CCCN2CCOCC2)C1=O. The van der Waals surface area contributed by atoms with Crippen molar-refractivity contribution in [3.63, 3.8) is 0 Å². The second-order valence-electron chi connectivity index (χ2n) is 5.43. The first-order chi connectivity index (χ1) is 9.31. The van der Waals surface area contributed by atoms with E-state index in [1.54, 1.807) is 0 Å². The molecule has 19 heavy (non-hydrogen) atoms. The van der Waals surface area contributed by atoms with E-state index in [0.29, 0.717) is 5.91 Å². The van der Waals surface area contributed by atoms with Crippen molar-refractivity contribution < 1.29 is 9.53 Å². The Labute approximate surface area is 116 Å². The van der Waals surface area contributed by atoms with Crippen LogP contribution >= 0.6 is 0 Å². The van der Waals surface area contributed by atoms with Gasteiger partial charge in [-0.1, -0.05) is 6.92 Å². The van der Waals surface area contributed by atoms with E-state index in [1.807, 2.05) is 4.90 Å². The minimum Gasteiger partial charge on any atom is -0.379 e. The van der Waals surface area contributed by atoms with Gasteiger partial charge in [0, 0.05) is 32.7 Å². The van der Waals surface area contributed by atoms with Crippen molar-refractivity contribution >= 4 is 5.91 Å². The van der Waals surface area contributed by atoms with Crippen molar-refractivity contribution in [1.82, 2.24) is 15.1 Å². The molecular weight excluding hydrogens is 242 g/mol. The molecule has 0 spiro atoms. The third kappa shape index (κ3) is 4.44. The topological polar surface area (TPSA) is 44.8 Å². The van der Waals surface area contributed by atoms with Gasteiger partial charge in [0.25, 0.3) is 0 Å². The van der Waals surface area contributed by atoms with Crippen LogP contribution in [0, 0.1) is 0 Å². The zero-order valence-electron chi connectivity index (χ0n) is 12.1. The highest BCUT2D eigenvalue weighted by molar-refractivity contribution is 5.83. The predicted octanol–water partition coefficient (Wildman–Crippen LogP) is 0.309. The summed E-state index contributed by atoms with van der Waals surface area (Å²) in [4.78, 5) is 16.6. The fourth-order valence-corrected chi connectivity index (χ4v) is 2.78. The van der Waals surface area contributed by atoms with Gasteiger partial charge < -0.3 is 15.0 Å². The molecule has 0 aliphatic carbocycles. The van der Waals surface area contributed by atoms with Crippen molar-refractivity contribution in [3.8, 4) is 0 Å². The summed E-state index contributed by atoms with van der Waals surface area (Å²) in [6, 6.07) is 0.0725. The molecule has 2 saturated heterocycles. The minimum atomic E-state index is 0.0725. The molecule has 2 aliphatic rings. The van der Waals surface area contributed by atoms with Gasteiger partial charge in [-0.05, 0) is 25.8 Å². The van der Waals surface area contributed by atoms with Gasteiger partial charge in [0.05, 0.1) is 19.3 Å². The van der Waals surface area contributed by atoms with E-state index in [2.05, 4.69) is 17.1 Å². The minimum absolute atomic E-state index is 0.0725. The highest BCUT2D eigenvalue weighted by Gasteiger charge is 2.30. The van der Waals surface area contributed by atoms with Gasteiger partial charge in [-0.25, -0.2) is 0 Å². The summed E-state index contributed by atoms with van der Waals surface area (Å²) in [7, 11) is 0. The quantitative estimate of drug-likeness (QED) is 0.722. The lowest BCUT2D eigenvalue weighted by Gasteiger charge is -2.27. The van der Waals surface area contributed by atoms with E-state index >= 15 is 0 Å². The van der Waals surface area contributed by atoms with Crippen LogP contribution in [-0.2, 0) is 9.53 Å². The van der Waals surface area contributed by atoms with Gasteiger partial charge in [0.2, 0.25) is 5.91 Å². The first kappa shape index (κ1) is 14.8. The van der Waals surface area contributed by atoms with E-state index in [4.69, 9.17) is 4.74 Å². The summed E-state index contributed by atoms with van der Waals surface area (Å²) in [5, 5.41) is 3.33. The number of morpholine rings is 1. The molecule has 0 aromatic rings. The van der Waals surface area contributed by atoms with Crippen LogP contribution in [0.2, 0.25) is 0 Å². The van der Waals surface area contributed by atoms with E-state index in [9.17, 15) is 4.79 Å². The van der Waals surface area contributed by atoms with Crippen LogP contribution in [0.25, 0.3) is 0 Å². The first-order valence-corrected chi connectivity index (χ1v) is 7.63. The van der Waals surface area contributed by atoms with Gasteiger partial charge in [0.15, 0.2) is 0 Å². The highest BCUT2D eigenvalue weighted by atomic mass is 16.5. The second-order valence-corrected chi connectivity index (χ2v) is 5.43. The van der Waals surface area contributed by atoms with Gasteiger partial charge in [-0.2, -0.15) is 0 Å². The van der Waals surface area contributed by atoms with E-state index in [0.717, 1.165) is 71.7 Å². The molecule has 0 aromatic heterocycles. The van der Waals surface area contributed by atoms with Crippen LogP contribution in [-0.4, -0.2) is 74.2 Å². The average molecular weight is 269 g/mol. The third-order valence-corrected chi connectivity index (χ3v) is 3.94. The standard InChI is InChI=1S/C14H27N3O2/c1-2-5-15-13-4-8-17(14(13)18)7-3-6-16-9-11-19-12-10-16/h13,15H,2-12H2,1H3. The molecule has 5 heteroatoms. The summed E-state index contributed by atoms with van der Waals surface area (Å²) < 4.78 is 5.33. The Morgan fingerprint density at radius 2 is 2.05 bits per heavy atom. The van der Waals surface area contributed by atoms with Crippen molar-refractivity contribution in [1.29, 1.82) is 0 Å². The predicted molar refractivity (Wildman–Crippen MR) is 75.2 cm³/mol. The van der Waals surface area contributed by atoms with Gasteiger partial charge in [-0.3, -0.25) is 9.69 Å². The number of hydrogen-bond donors (Lipinski definition) is 1. The molecule has 2 fully saturated rings. The van der Waals surface area contributed by atoms with Crippen LogP contribution in [0.5, 0.6) is 0 Å². The monoisotopic (exact) mass is 269 g/mol. The van der Waals surface area contributed by atoms with Crippen molar-refractivity contribution in [3.05, 3.63) is 0 Å². The Hall–Kier alpha value is -0.650. The summed E-state index contributed by atoms with van der Waals surface area (Å²) in [6.07, 6.45) is 3.13. The van der Waals surface area contributed by atoms with Crippen LogP contribution in [0.3, 0.4) is 0 Å². The Balaban J connectivity index is 1.62. The van der Waals surface area contributed by atoms with E-state index < -0.39 is 0 Å². The number of rotatable bonds is 7. The normalized spacial score (nSPS) is 25.2. The maximum atomic E-state index is 12.1. The molecule has 1 atom stereocenters. The third-order valence-electron chi connectivity index (χ3n) is 3.94. The number of nitrogens with zero attached hydrogens (tertiary/aromatic N) is 2. The molecule has 0 saturated carbocycles. The molecule has 1 amide bonds. The molecule has 5 nitrogen and oxygen atoms in total. The fourth-order valence-electron chi connectivity index (χ4n) is 2.78. The first-order valence-electron chi connectivity index (χ1n) is 7.63. The number of ether oxygens (including phenoxy) is 1. The molecule has 0 aromatic carbocycles. The summed E-state index contributed by atoms with van der Waals surface area (Å²) in [6.45, 7) is 9.76. The number of carbonyl (C=O) groups excluding carboxylic acids is 1. The van der Waals surface area contributed by atoms with Crippen LogP contribution in [0.1, 0.15) is 26.2 Å². The number of carbonyl (C=O) groups is 1. The molecule has 1 N–H and O–H groups in total. The highest BCUT2D eigenvalue weighted by Crippen LogP contribution is 2.12. The van der Waals surface area contributed by atoms with Crippen molar-refractivity contribution in [2.75, 3.05) is 52.5 Å². The molecule has 2 heterocycles. The lowest BCUT2D eigenvalue weighted by molar-refractivity contribution is -0.129. The number of amides is 1. The lowest BCUT2D eigenvalue weighted by Crippen LogP contribution is -2.40. The van der Waals surface area contributed by atoms with Gasteiger partial charge in [-0.15, -0.1) is 0 Å². The number of likely N-dealkylation sites (tertiary alicyclic amines) is 1. The van der Waals surface area contributed by atoms with E-state index in [1.165, 1.54) is 0 Å². The fraction of sp³-hybridized carbons (Fsp3) is 0.929. The Kier molecular flexibility index (Phi) is 6.07. The maximum absolute atomic E-state index is 12.1. The number of nitrogens with one attached hydrogen (secondary N) is 1. The maximum Gasteiger partial charge on any atom is 0.239 e. The summed E-state index contributed by atoms with van der Waals surface area (Å²) in [5.41, 5.74) is 0. The van der Waals surface area contributed by atoms with Gasteiger partial charge in [0.1, 0.15) is 0 Å². The van der Waals surface area contributed by atoms with Crippen molar-refractivity contribution in [2.45, 2.75) is 32.2 Å². The molecule has 2 rings (SSSR count). The molecule has 2 aliphatic heterocycles. The summed E-state index contributed by atoms with van der Waals surface area (Å²) in [5.74, 6) is 0.301. The Bertz CT molecular complexity index is 280. The molecular formula is C14H27N3O2. The van der Waals surface area contributed by atoms with E-state index in [-0.39, 0.29) is 6.04 Å². The second kappa shape index (κ2) is 7.82. The zero-order valence-corrected chi connectivity index (χ0v) is 12.1. The molecule has 110 valence electrons. The largest absolute Gasteiger partial charge is 0.379 e. The van der Waals surface area contributed by atoms with Gasteiger partial charge >= 0.3 is 0 Å². The molecule has 1 unspecified atom stereocenters. The van der Waals surface area contributed by atoms with Crippen LogP contribution in [0.4, 0.5) is 0 Å². The number of hydrogen-bond acceptors (Lipinski definition) is 4.